The van der Waals surface area contributed by atoms with Crippen LogP contribution in [0.3, 0.4) is 0 Å². The predicted octanol–water partition coefficient (Wildman–Crippen LogP) is 4.85. The maximum Gasteiger partial charge on any atom is 0.266 e. The Morgan fingerprint density at radius 3 is 2.26 bits per heavy atom. The van der Waals surface area contributed by atoms with Crippen molar-refractivity contribution in [2.75, 3.05) is 12.4 Å². The number of benzene rings is 2. The van der Waals surface area contributed by atoms with Gasteiger partial charge in [-0.1, -0.05) is 0 Å². The molecule has 1 aromatic heterocycles. The first-order valence-corrected chi connectivity index (χ1v) is 9.71. The van der Waals surface area contributed by atoms with Crippen LogP contribution in [-0.4, -0.2) is 23.4 Å². The number of hydrogen-bond acceptors (Lipinski definition) is 4. The molecule has 0 aliphatic rings. The molecule has 31 heavy (non-hydrogen) atoms. The van der Waals surface area contributed by atoms with Crippen molar-refractivity contribution in [3.63, 3.8) is 0 Å². The van der Waals surface area contributed by atoms with Gasteiger partial charge in [0.1, 0.15) is 17.4 Å². The molecule has 0 saturated heterocycles. The number of ether oxygens (including phenoxy) is 1. The summed E-state index contributed by atoms with van der Waals surface area (Å²) in [6.45, 7) is 5.41. The van der Waals surface area contributed by atoms with Crippen molar-refractivity contribution in [1.29, 1.82) is 5.26 Å². The summed E-state index contributed by atoms with van der Waals surface area (Å²) in [5.74, 6) is 0.207. The molecule has 1 amide bonds. The molecule has 0 atom stereocenters. The lowest BCUT2D eigenvalue weighted by Gasteiger charge is -2.10. The molecule has 156 valence electrons. The van der Waals surface area contributed by atoms with E-state index in [0.717, 1.165) is 22.6 Å². The second-order valence-corrected chi connectivity index (χ2v) is 7.12. The Bertz CT molecular complexity index is 1190. The molecule has 1 N–H and O–H groups in total. The molecule has 0 saturated carbocycles. The van der Waals surface area contributed by atoms with Gasteiger partial charge in [-0.3, -0.25) is 9.59 Å². The average Bonchev–Trinajstić information content (AvgIpc) is 3.05. The van der Waals surface area contributed by atoms with Crippen LogP contribution in [0, 0.1) is 25.2 Å². The van der Waals surface area contributed by atoms with E-state index < -0.39 is 5.91 Å². The number of anilines is 1. The number of aromatic nitrogens is 1. The number of carbonyl (C=O) groups is 2. The molecule has 6 heteroatoms. The number of nitrogens with one attached hydrogen (secondary N) is 1. The minimum atomic E-state index is -0.483. The maximum absolute atomic E-state index is 12.6. The van der Waals surface area contributed by atoms with Gasteiger partial charge in [-0.2, -0.15) is 5.26 Å². The van der Waals surface area contributed by atoms with Gasteiger partial charge in [0.25, 0.3) is 5.91 Å². The number of rotatable bonds is 6. The Kier molecular flexibility index (Phi) is 6.37. The fraction of sp³-hybridized carbons (Fsp3) is 0.160. The molecule has 3 rings (SSSR count). The molecule has 0 aliphatic heterocycles. The Hall–Kier alpha value is -4.11. The molecule has 0 fully saturated rings. The van der Waals surface area contributed by atoms with Gasteiger partial charge < -0.3 is 14.6 Å². The Balaban J connectivity index is 1.88. The van der Waals surface area contributed by atoms with Gasteiger partial charge in [0.2, 0.25) is 0 Å². The molecule has 1 heterocycles. The average molecular weight is 413 g/mol. The lowest BCUT2D eigenvalue weighted by atomic mass is 10.1. The zero-order valence-corrected chi connectivity index (χ0v) is 17.9. The van der Waals surface area contributed by atoms with Gasteiger partial charge in [-0.25, -0.2) is 0 Å². The van der Waals surface area contributed by atoms with E-state index in [1.807, 2.05) is 42.7 Å². The van der Waals surface area contributed by atoms with Crippen LogP contribution in [0.4, 0.5) is 5.69 Å². The van der Waals surface area contributed by atoms with Crippen molar-refractivity contribution in [3.8, 4) is 17.5 Å². The fourth-order valence-corrected chi connectivity index (χ4v) is 3.35. The van der Waals surface area contributed by atoms with Crippen LogP contribution in [0.1, 0.15) is 34.2 Å². The highest BCUT2D eigenvalue weighted by atomic mass is 16.5. The van der Waals surface area contributed by atoms with Crippen molar-refractivity contribution < 1.29 is 14.3 Å². The standard InChI is InChI=1S/C25H23N3O3/c1-16-13-20(17(2)28(16)23-9-5-19(6-10-23)18(3)29)14-21(15-26)25(30)27-22-7-11-24(31-4)12-8-22/h5-14H,1-4H3,(H,27,30)/b21-14+. The van der Waals surface area contributed by atoms with Gasteiger partial charge in [0.15, 0.2) is 5.78 Å². The molecule has 0 aliphatic carbocycles. The number of Topliss-reactive ketones (excluding diaryl/α,β-unsaturated/α-hetero) is 1. The molecule has 3 aromatic rings. The van der Waals surface area contributed by atoms with E-state index in [0.29, 0.717) is 17.0 Å². The number of methoxy groups -OCH3 is 1. The predicted molar refractivity (Wildman–Crippen MR) is 120 cm³/mol. The lowest BCUT2D eigenvalue weighted by Crippen LogP contribution is -2.13. The summed E-state index contributed by atoms with van der Waals surface area (Å²) < 4.78 is 7.13. The van der Waals surface area contributed by atoms with E-state index >= 15 is 0 Å². The number of carbonyl (C=O) groups excluding carboxylic acids is 2. The Morgan fingerprint density at radius 1 is 1.06 bits per heavy atom. The first-order chi connectivity index (χ1) is 14.8. The van der Waals surface area contributed by atoms with Crippen molar-refractivity contribution >= 4 is 23.5 Å². The van der Waals surface area contributed by atoms with Crippen LogP contribution in [-0.2, 0) is 4.79 Å². The van der Waals surface area contributed by atoms with Crippen LogP contribution < -0.4 is 10.1 Å². The second-order valence-electron chi connectivity index (χ2n) is 7.12. The summed E-state index contributed by atoms with van der Waals surface area (Å²) in [6.07, 6.45) is 1.58. The highest BCUT2D eigenvalue weighted by Crippen LogP contribution is 2.24. The van der Waals surface area contributed by atoms with Crippen LogP contribution in [0.5, 0.6) is 5.75 Å². The third kappa shape index (κ3) is 4.73. The van der Waals surface area contributed by atoms with Gasteiger partial charge in [0, 0.05) is 28.3 Å². The van der Waals surface area contributed by atoms with E-state index in [9.17, 15) is 14.9 Å². The van der Waals surface area contributed by atoms with E-state index in [1.54, 1.807) is 49.6 Å². The summed E-state index contributed by atoms with van der Waals surface area (Å²) >= 11 is 0. The fourth-order valence-electron chi connectivity index (χ4n) is 3.35. The largest absolute Gasteiger partial charge is 0.497 e. The molecule has 0 radical (unpaired) electrons. The Labute approximate surface area is 181 Å². The van der Waals surface area contributed by atoms with Crippen molar-refractivity contribution in [2.45, 2.75) is 20.8 Å². The molecule has 6 nitrogen and oxygen atoms in total. The maximum atomic E-state index is 12.6. The highest BCUT2D eigenvalue weighted by Gasteiger charge is 2.14. The summed E-state index contributed by atoms with van der Waals surface area (Å²) in [7, 11) is 1.57. The van der Waals surface area contributed by atoms with E-state index in [2.05, 4.69) is 5.32 Å². The first-order valence-electron chi connectivity index (χ1n) is 9.71. The summed E-state index contributed by atoms with van der Waals surface area (Å²) in [4.78, 5) is 24.1. The number of ketones is 1. The SMILES string of the molecule is COc1ccc(NC(=O)/C(C#N)=C/c2cc(C)n(-c3ccc(C(C)=O)cc3)c2C)cc1. The van der Waals surface area contributed by atoms with Crippen LogP contribution in [0.15, 0.2) is 60.2 Å². The first kappa shape index (κ1) is 21.6. The minimum absolute atomic E-state index is 0.00277. The number of nitriles is 1. The minimum Gasteiger partial charge on any atom is -0.497 e. The molecular weight excluding hydrogens is 390 g/mol. The zero-order valence-electron chi connectivity index (χ0n) is 17.9. The smallest absolute Gasteiger partial charge is 0.266 e. The van der Waals surface area contributed by atoms with Crippen molar-refractivity contribution in [2.24, 2.45) is 0 Å². The van der Waals surface area contributed by atoms with Gasteiger partial charge in [0.05, 0.1) is 7.11 Å². The quantitative estimate of drug-likeness (QED) is 0.356. The topological polar surface area (TPSA) is 84.1 Å². The monoisotopic (exact) mass is 413 g/mol. The van der Waals surface area contributed by atoms with Crippen LogP contribution in [0.2, 0.25) is 0 Å². The van der Waals surface area contributed by atoms with Crippen molar-refractivity contribution in [3.05, 3.63) is 82.7 Å². The van der Waals surface area contributed by atoms with E-state index in [4.69, 9.17) is 4.74 Å². The number of nitrogens with zero attached hydrogens (tertiary/aromatic N) is 2. The number of hydrogen-bond donors (Lipinski definition) is 1. The van der Waals surface area contributed by atoms with Crippen molar-refractivity contribution in [1.82, 2.24) is 4.57 Å². The van der Waals surface area contributed by atoms with Gasteiger partial charge in [-0.15, -0.1) is 0 Å². The van der Waals surface area contributed by atoms with Gasteiger partial charge >= 0.3 is 0 Å². The van der Waals surface area contributed by atoms with Gasteiger partial charge in [-0.05, 0) is 87.0 Å². The molecular formula is C25H23N3O3. The second kappa shape index (κ2) is 9.14. The van der Waals surface area contributed by atoms with Crippen LogP contribution in [0.25, 0.3) is 11.8 Å². The number of amides is 1. The van der Waals surface area contributed by atoms with E-state index in [-0.39, 0.29) is 11.4 Å². The summed E-state index contributed by atoms with van der Waals surface area (Å²) in [5, 5.41) is 12.3. The Morgan fingerprint density at radius 2 is 1.71 bits per heavy atom. The van der Waals surface area contributed by atoms with E-state index in [1.165, 1.54) is 6.92 Å². The molecule has 0 spiro atoms. The third-order valence-electron chi connectivity index (χ3n) is 5.02. The zero-order chi connectivity index (χ0) is 22.5. The summed E-state index contributed by atoms with van der Waals surface area (Å²) in [6, 6.07) is 18.1. The lowest BCUT2D eigenvalue weighted by molar-refractivity contribution is -0.112. The molecule has 0 bridgehead atoms. The number of aryl methyl sites for hydroxylation is 1. The van der Waals surface area contributed by atoms with Crippen LogP contribution >= 0.6 is 0 Å². The molecule has 2 aromatic carbocycles. The summed E-state index contributed by atoms with van der Waals surface area (Å²) in [5.41, 5.74) is 4.74. The molecule has 0 unspecified atom stereocenters. The normalized spacial score (nSPS) is 11.0. The highest BCUT2D eigenvalue weighted by molar-refractivity contribution is 6.09. The third-order valence-corrected chi connectivity index (χ3v) is 5.02.